The highest BCUT2D eigenvalue weighted by Gasteiger charge is 2.21. The summed E-state index contributed by atoms with van der Waals surface area (Å²) in [6.45, 7) is 2.13. The number of pyridine rings is 1. The van der Waals surface area contributed by atoms with Crippen LogP contribution >= 0.6 is 0 Å². The van der Waals surface area contributed by atoms with Crippen molar-refractivity contribution in [1.29, 1.82) is 0 Å². The predicted octanol–water partition coefficient (Wildman–Crippen LogP) is 2.48. The third kappa shape index (κ3) is 2.42. The Balaban J connectivity index is 2.03. The van der Waals surface area contributed by atoms with Gasteiger partial charge in [-0.2, -0.15) is 0 Å². The van der Waals surface area contributed by atoms with E-state index in [1.807, 2.05) is 25.2 Å². The summed E-state index contributed by atoms with van der Waals surface area (Å²) in [6.07, 6.45) is 4.20. The maximum absolute atomic E-state index is 12.5. The van der Waals surface area contributed by atoms with Gasteiger partial charge in [-0.3, -0.25) is 4.79 Å². The van der Waals surface area contributed by atoms with Crippen LogP contribution in [0.3, 0.4) is 0 Å². The molecule has 1 heterocycles. The Morgan fingerprint density at radius 1 is 1.24 bits per heavy atom. The van der Waals surface area contributed by atoms with Crippen LogP contribution in [-0.4, -0.2) is 4.57 Å². The number of benzene rings is 1. The fraction of sp³-hybridized carbons (Fsp3) is 0.389. The lowest BCUT2D eigenvalue weighted by atomic mass is 9.97. The Morgan fingerprint density at radius 3 is 2.62 bits per heavy atom. The zero-order chi connectivity index (χ0) is 15.0. The van der Waals surface area contributed by atoms with Crippen LogP contribution in [0.4, 0.5) is 0 Å². The van der Waals surface area contributed by atoms with Crippen LogP contribution in [0.15, 0.2) is 35.1 Å². The van der Waals surface area contributed by atoms with E-state index in [-0.39, 0.29) is 11.6 Å². The molecule has 1 aromatic carbocycles. The average molecular weight is 282 g/mol. The molecule has 0 saturated heterocycles. The lowest BCUT2D eigenvalue weighted by Crippen LogP contribution is -2.29. The van der Waals surface area contributed by atoms with Gasteiger partial charge in [-0.15, -0.1) is 0 Å². The minimum absolute atomic E-state index is 0.0442. The first-order valence-corrected chi connectivity index (χ1v) is 7.68. The van der Waals surface area contributed by atoms with Crippen molar-refractivity contribution in [1.82, 2.24) is 4.57 Å². The van der Waals surface area contributed by atoms with Gasteiger partial charge >= 0.3 is 0 Å². The molecule has 1 unspecified atom stereocenters. The van der Waals surface area contributed by atoms with Crippen molar-refractivity contribution in [2.75, 3.05) is 0 Å². The highest BCUT2D eigenvalue weighted by Crippen LogP contribution is 2.24. The van der Waals surface area contributed by atoms with Crippen molar-refractivity contribution in [3.8, 4) is 0 Å². The van der Waals surface area contributed by atoms with Gasteiger partial charge in [0.25, 0.3) is 5.56 Å². The van der Waals surface area contributed by atoms with E-state index in [0.29, 0.717) is 5.56 Å². The van der Waals surface area contributed by atoms with Gasteiger partial charge in [-0.25, -0.2) is 0 Å². The van der Waals surface area contributed by atoms with Crippen LogP contribution in [0.2, 0.25) is 0 Å². The van der Waals surface area contributed by atoms with Gasteiger partial charge in [0.15, 0.2) is 0 Å². The number of fused-ring (bicyclic) bond motifs is 1. The first-order valence-electron chi connectivity index (χ1n) is 7.68. The Bertz CT molecular complexity index is 713. The van der Waals surface area contributed by atoms with Gasteiger partial charge in [-0.1, -0.05) is 31.2 Å². The van der Waals surface area contributed by atoms with Gasteiger partial charge in [-0.05, 0) is 48.4 Å². The first kappa shape index (κ1) is 14.1. The zero-order valence-electron chi connectivity index (χ0n) is 12.7. The molecule has 0 amide bonds. The average Bonchev–Trinajstić information content (AvgIpc) is 2.99. The molecule has 3 nitrogen and oxygen atoms in total. The van der Waals surface area contributed by atoms with Crippen LogP contribution in [-0.2, 0) is 26.3 Å². The van der Waals surface area contributed by atoms with Gasteiger partial charge < -0.3 is 10.3 Å². The molecule has 3 heteroatoms. The second-order valence-corrected chi connectivity index (χ2v) is 5.86. The minimum atomic E-state index is -0.347. The van der Waals surface area contributed by atoms with Crippen LogP contribution in [0, 0.1) is 0 Å². The topological polar surface area (TPSA) is 48.0 Å². The van der Waals surface area contributed by atoms with E-state index in [1.54, 1.807) is 4.57 Å². The van der Waals surface area contributed by atoms with E-state index in [0.717, 1.165) is 31.2 Å². The Morgan fingerprint density at radius 2 is 1.95 bits per heavy atom. The van der Waals surface area contributed by atoms with Gasteiger partial charge in [0.1, 0.15) is 0 Å². The molecule has 0 saturated carbocycles. The second-order valence-electron chi connectivity index (χ2n) is 5.86. The maximum atomic E-state index is 12.5. The number of aryl methyl sites for hydroxylation is 2. The van der Waals surface area contributed by atoms with Crippen molar-refractivity contribution in [2.45, 2.75) is 38.6 Å². The fourth-order valence-electron chi connectivity index (χ4n) is 3.22. The number of aromatic nitrogens is 1. The van der Waals surface area contributed by atoms with Crippen LogP contribution in [0.1, 0.15) is 47.3 Å². The molecule has 1 aromatic heterocycles. The molecule has 1 atom stereocenters. The predicted molar refractivity (Wildman–Crippen MR) is 85.6 cm³/mol. The molecule has 0 aliphatic heterocycles. The molecule has 0 bridgehead atoms. The largest absolute Gasteiger partial charge is 0.320 e. The first-order chi connectivity index (χ1) is 10.1. The normalized spacial score (nSPS) is 15.0. The molecule has 2 aromatic rings. The van der Waals surface area contributed by atoms with Gasteiger partial charge in [0.2, 0.25) is 0 Å². The van der Waals surface area contributed by atoms with E-state index >= 15 is 0 Å². The molecule has 0 spiro atoms. The molecular weight excluding hydrogens is 260 g/mol. The van der Waals surface area contributed by atoms with E-state index in [4.69, 9.17) is 5.73 Å². The quantitative estimate of drug-likeness (QED) is 0.940. The fourth-order valence-corrected chi connectivity index (χ4v) is 3.22. The highest BCUT2D eigenvalue weighted by molar-refractivity contribution is 5.37. The molecule has 0 radical (unpaired) electrons. The van der Waals surface area contributed by atoms with Crippen molar-refractivity contribution >= 4 is 0 Å². The molecular formula is C18H22N2O. The number of hydrogen-bond donors (Lipinski definition) is 1. The molecule has 21 heavy (non-hydrogen) atoms. The lowest BCUT2D eigenvalue weighted by Gasteiger charge is -2.16. The van der Waals surface area contributed by atoms with Crippen LogP contribution < -0.4 is 11.3 Å². The lowest BCUT2D eigenvalue weighted by molar-refractivity contribution is 0.743. The Labute approximate surface area is 125 Å². The molecule has 0 fully saturated rings. The van der Waals surface area contributed by atoms with Gasteiger partial charge in [0.05, 0.1) is 6.04 Å². The SMILES string of the molecule is CCc1ccc(C(N)c2cc3c(n(C)c2=O)CCC3)cc1. The third-order valence-electron chi connectivity index (χ3n) is 4.60. The molecule has 2 N–H and O–H groups in total. The summed E-state index contributed by atoms with van der Waals surface area (Å²) >= 11 is 0. The summed E-state index contributed by atoms with van der Waals surface area (Å²) in [5.41, 5.74) is 11.9. The summed E-state index contributed by atoms with van der Waals surface area (Å²) in [5.74, 6) is 0. The van der Waals surface area contributed by atoms with E-state index in [9.17, 15) is 4.79 Å². The second kappa shape index (κ2) is 5.49. The van der Waals surface area contributed by atoms with Crippen molar-refractivity contribution in [3.05, 3.63) is 68.6 Å². The third-order valence-corrected chi connectivity index (χ3v) is 4.60. The van der Waals surface area contributed by atoms with Crippen molar-refractivity contribution < 1.29 is 0 Å². The summed E-state index contributed by atoms with van der Waals surface area (Å²) < 4.78 is 1.79. The molecule has 1 aliphatic carbocycles. The van der Waals surface area contributed by atoms with Gasteiger partial charge in [0, 0.05) is 18.3 Å². The summed E-state index contributed by atoms with van der Waals surface area (Å²) in [4.78, 5) is 12.5. The summed E-state index contributed by atoms with van der Waals surface area (Å²) in [5, 5.41) is 0. The molecule has 1 aliphatic rings. The Hall–Kier alpha value is -1.87. The highest BCUT2D eigenvalue weighted by atomic mass is 16.1. The standard InChI is InChI=1S/C18H22N2O/c1-3-12-7-9-13(10-8-12)17(19)15-11-14-5-4-6-16(14)20(2)18(15)21/h7-11,17H,3-6,19H2,1-2H3. The number of hydrogen-bond acceptors (Lipinski definition) is 2. The summed E-state index contributed by atoms with van der Waals surface area (Å²) in [7, 11) is 1.86. The number of rotatable bonds is 3. The van der Waals surface area contributed by atoms with Crippen LogP contribution in [0.5, 0.6) is 0 Å². The monoisotopic (exact) mass is 282 g/mol. The van der Waals surface area contributed by atoms with E-state index in [2.05, 4.69) is 19.1 Å². The smallest absolute Gasteiger partial charge is 0.255 e. The number of nitrogens with two attached hydrogens (primary N) is 1. The van der Waals surface area contributed by atoms with Crippen LogP contribution in [0.25, 0.3) is 0 Å². The van der Waals surface area contributed by atoms with Crippen molar-refractivity contribution in [3.63, 3.8) is 0 Å². The number of nitrogens with zero attached hydrogens (tertiary/aromatic N) is 1. The maximum Gasteiger partial charge on any atom is 0.255 e. The van der Waals surface area contributed by atoms with E-state index in [1.165, 1.54) is 16.8 Å². The zero-order valence-corrected chi connectivity index (χ0v) is 12.7. The Kier molecular flexibility index (Phi) is 3.68. The molecule has 3 rings (SSSR count). The molecule has 110 valence electrons. The van der Waals surface area contributed by atoms with Crippen molar-refractivity contribution in [2.24, 2.45) is 12.8 Å². The minimum Gasteiger partial charge on any atom is -0.320 e. The summed E-state index contributed by atoms with van der Waals surface area (Å²) in [6, 6.07) is 9.94. The van der Waals surface area contributed by atoms with E-state index < -0.39 is 0 Å².